The Bertz CT molecular complexity index is 575. The normalized spacial score (nSPS) is 11.1. The van der Waals surface area contributed by atoms with E-state index in [0.717, 1.165) is 5.56 Å². The van der Waals surface area contributed by atoms with Crippen LogP contribution in [0.1, 0.15) is 5.56 Å². The molecule has 6 heteroatoms. The monoisotopic (exact) mass is 240 g/mol. The third kappa shape index (κ3) is 2.58. The molecule has 90 valence electrons. The van der Waals surface area contributed by atoms with Crippen molar-refractivity contribution >= 4 is 0 Å². The zero-order valence-electron chi connectivity index (χ0n) is 9.06. The van der Waals surface area contributed by atoms with E-state index in [1.165, 1.54) is 0 Å². The predicted molar refractivity (Wildman–Crippen MR) is 56.9 cm³/mol. The molecule has 0 aliphatic heterocycles. The molecule has 4 nitrogen and oxygen atoms in total. The molecule has 2 aromatic rings. The van der Waals surface area contributed by atoms with E-state index in [0.29, 0.717) is 10.2 Å². The molecule has 0 unspecified atom stereocenters. The lowest BCUT2D eigenvalue weighted by Gasteiger charge is -1.96. The van der Waals surface area contributed by atoms with Gasteiger partial charge in [0.1, 0.15) is 6.54 Å². The first-order chi connectivity index (χ1) is 8.06. The summed E-state index contributed by atoms with van der Waals surface area (Å²) >= 11 is 0. The van der Waals surface area contributed by atoms with E-state index in [1.54, 1.807) is 18.2 Å². The zero-order chi connectivity index (χ0) is 12.4. The quantitative estimate of drug-likeness (QED) is 0.825. The summed E-state index contributed by atoms with van der Waals surface area (Å²) < 4.78 is 29.7. The molecule has 0 fully saturated rings. The summed E-state index contributed by atoms with van der Waals surface area (Å²) in [7, 11) is 0. The lowest BCUT2D eigenvalue weighted by atomic mass is 10.1. The van der Waals surface area contributed by atoms with Crippen LogP contribution in [0.2, 0.25) is 0 Å². The first-order valence-corrected chi connectivity index (χ1v) is 4.99. The van der Waals surface area contributed by atoms with Gasteiger partial charge in [0.25, 0.3) is 6.43 Å². The number of hydrogen-bond donors (Lipinski definition) is 0. The number of rotatable bonds is 3. The maximum atomic E-state index is 12.1. The summed E-state index contributed by atoms with van der Waals surface area (Å²) in [6, 6.07) is 7.11. The van der Waals surface area contributed by atoms with E-state index in [4.69, 9.17) is 4.42 Å². The van der Waals surface area contributed by atoms with Gasteiger partial charge < -0.3 is 4.42 Å². The fraction of sp³-hybridized carbons (Fsp3) is 0.273. The van der Waals surface area contributed by atoms with Crippen molar-refractivity contribution in [2.45, 2.75) is 19.9 Å². The largest absolute Gasteiger partial charge is 0.437 e. The van der Waals surface area contributed by atoms with Crippen LogP contribution in [0.3, 0.4) is 0 Å². The number of benzene rings is 1. The van der Waals surface area contributed by atoms with Crippen LogP contribution in [0.15, 0.2) is 33.5 Å². The molecule has 0 bridgehead atoms. The SMILES string of the molecule is Cc1cccc(-c2nn(CC(F)F)c(=O)o2)c1. The smallest absolute Gasteiger partial charge is 0.388 e. The Morgan fingerprint density at radius 2 is 2.24 bits per heavy atom. The molecule has 0 N–H and O–H groups in total. The minimum Gasteiger partial charge on any atom is -0.388 e. The third-order valence-electron chi connectivity index (χ3n) is 2.18. The van der Waals surface area contributed by atoms with Gasteiger partial charge in [0.15, 0.2) is 0 Å². The van der Waals surface area contributed by atoms with Gasteiger partial charge in [0, 0.05) is 5.56 Å². The Hall–Kier alpha value is -1.98. The van der Waals surface area contributed by atoms with Gasteiger partial charge in [-0.3, -0.25) is 0 Å². The molecule has 2 rings (SSSR count). The second-order valence-electron chi connectivity index (χ2n) is 3.62. The molecule has 0 aliphatic rings. The van der Waals surface area contributed by atoms with Crippen LogP contribution >= 0.6 is 0 Å². The Balaban J connectivity index is 2.38. The summed E-state index contributed by atoms with van der Waals surface area (Å²) in [5.74, 6) is -0.818. The number of alkyl halides is 2. The lowest BCUT2D eigenvalue weighted by molar-refractivity contribution is 0.119. The highest BCUT2D eigenvalue weighted by molar-refractivity contribution is 5.53. The molecule has 17 heavy (non-hydrogen) atoms. The second kappa shape index (κ2) is 4.48. The fourth-order valence-corrected chi connectivity index (χ4v) is 1.45. The minimum atomic E-state index is -2.64. The molecule has 1 aromatic heterocycles. The topological polar surface area (TPSA) is 48.0 Å². The van der Waals surface area contributed by atoms with Crippen molar-refractivity contribution in [1.29, 1.82) is 0 Å². The maximum Gasteiger partial charge on any atom is 0.437 e. The van der Waals surface area contributed by atoms with Gasteiger partial charge in [-0.2, -0.15) is 4.68 Å². The number of hydrogen-bond acceptors (Lipinski definition) is 3. The summed E-state index contributed by atoms with van der Waals surface area (Å²) in [4.78, 5) is 11.2. The molecule has 1 heterocycles. The number of nitrogens with zero attached hydrogens (tertiary/aromatic N) is 2. The van der Waals surface area contributed by atoms with Crippen LogP contribution < -0.4 is 5.76 Å². The van der Waals surface area contributed by atoms with Crippen molar-refractivity contribution in [3.63, 3.8) is 0 Å². The van der Waals surface area contributed by atoms with Crippen molar-refractivity contribution in [1.82, 2.24) is 9.78 Å². The lowest BCUT2D eigenvalue weighted by Crippen LogP contribution is -2.19. The number of aryl methyl sites for hydroxylation is 1. The molecule has 1 aromatic carbocycles. The highest BCUT2D eigenvalue weighted by Crippen LogP contribution is 2.16. The van der Waals surface area contributed by atoms with Crippen molar-refractivity contribution in [2.24, 2.45) is 0 Å². The molecule has 0 atom stereocenters. The molecule has 0 saturated carbocycles. The summed E-state index contributed by atoms with van der Waals surface area (Å²) in [5, 5.41) is 3.72. The molecular formula is C11H10F2N2O2. The molecule has 0 amide bonds. The van der Waals surface area contributed by atoms with E-state index in [2.05, 4.69) is 5.10 Å². The molecule has 0 spiro atoms. The Labute approximate surface area is 95.5 Å². The van der Waals surface area contributed by atoms with Crippen LogP contribution in [0.4, 0.5) is 8.78 Å². The van der Waals surface area contributed by atoms with E-state index in [1.807, 2.05) is 13.0 Å². The van der Waals surface area contributed by atoms with Crippen molar-refractivity contribution in [3.05, 3.63) is 40.4 Å². The van der Waals surface area contributed by atoms with Gasteiger partial charge in [-0.05, 0) is 19.1 Å². The average molecular weight is 240 g/mol. The van der Waals surface area contributed by atoms with Crippen molar-refractivity contribution in [3.8, 4) is 11.5 Å². The fourth-order valence-electron chi connectivity index (χ4n) is 1.45. The van der Waals surface area contributed by atoms with Crippen molar-refractivity contribution in [2.75, 3.05) is 0 Å². The molecule has 0 radical (unpaired) electrons. The van der Waals surface area contributed by atoms with Gasteiger partial charge in [-0.25, -0.2) is 13.6 Å². The van der Waals surface area contributed by atoms with E-state index >= 15 is 0 Å². The standard InChI is InChI=1S/C11H10F2N2O2/c1-7-3-2-4-8(5-7)10-14-15(6-9(12)13)11(16)17-10/h2-5,9H,6H2,1H3. The summed E-state index contributed by atoms with van der Waals surface area (Å²) in [5.41, 5.74) is 1.56. The molecule has 0 saturated heterocycles. The van der Waals surface area contributed by atoms with Gasteiger partial charge in [0.2, 0.25) is 5.89 Å². The average Bonchev–Trinajstić information content (AvgIpc) is 2.59. The van der Waals surface area contributed by atoms with Crippen LogP contribution in [0, 0.1) is 6.92 Å². The predicted octanol–water partition coefficient (Wildman–Crippen LogP) is 2.08. The Kier molecular flexibility index (Phi) is 3.03. The van der Waals surface area contributed by atoms with Gasteiger partial charge in [-0.15, -0.1) is 5.10 Å². The summed E-state index contributed by atoms with van der Waals surface area (Å²) in [6.45, 7) is 1.12. The van der Waals surface area contributed by atoms with E-state index in [9.17, 15) is 13.6 Å². The second-order valence-corrected chi connectivity index (χ2v) is 3.62. The van der Waals surface area contributed by atoms with E-state index in [-0.39, 0.29) is 5.89 Å². The van der Waals surface area contributed by atoms with E-state index < -0.39 is 18.7 Å². The first kappa shape index (κ1) is 11.5. The Morgan fingerprint density at radius 1 is 1.47 bits per heavy atom. The highest BCUT2D eigenvalue weighted by atomic mass is 19.3. The first-order valence-electron chi connectivity index (χ1n) is 4.99. The Morgan fingerprint density at radius 3 is 2.88 bits per heavy atom. The van der Waals surface area contributed by atoms with Crippen LogP contribution in [-0.4, -0.2) is 16.2 Å². The zero-order valence-corrected chi connectivity index (χ0v) is 9.06. The number of aromatic nitrogens is 2. The van der Waals surface area contributed by atoms with Crippen LogP contribution in [0.5, 0.6) is 0 Å². The van der Waals surface area contributed by atoms with Gasteiger partial charge >= 0.3 is 5.76 Å². The van der Waals surface area contributed by atoms with Crippen LogP contribution in [-0.2, 0) is 6.54 Å². The van der Waals surface area contributed by atoms with Gasteiger partial charge in [0.05, 0.1) is 0 Å². The van der Waals surface area contributed by atoms with Gasteiger partial charge in [-0.1, -0.05) is 17.7 Å². The number of halogens is 2. The van der Waals surface area contributed by atoms with Crippen LogP contribution in [0.25, 0.3) is 11.5 Å². The maximum absolute atomic E-state index is 12.1. The summed E-state index contributed by atoms with van der Waals surface area (Å²) in [6.07, 6.45) is -2.64. The minimum absolute atomic E-state index is 0.0550. The van der Waals surface area contributed by atoms with Crippen molar-refractivity contribution < 1.29 is 13.2 Å². The molecule has 0 aliphatic carbocycles. The molecular weight excluding hydrogens is 230 g/mol. The highest BCUT2D eigenvalue weighted by Gasteiger charge is 2.13. The third-order valence-corrected chi connectivity index (χ3v) is 2.18.